The summed E-state index contributed by atoms with van der Waals surface area (Å²) in [6, 6.07) is 0.152. The first-order valence-electron chi connectivity index (χ1n) is 7.13. The van der Waals surface area contributed by atoms with Gasteiger partial charge in [-0.05, 0) is 38.5 Å². The van der Waals surface area contributed by atoms with Crippen LogP contribution in [0.5, 0.6) is 0 Å². The average molecular weight is 256 g/mol. The molecule has 0 aromatic heterocycles. The summed E-state index contributed by atoms with van der Waals surface area (Å²) in [5, 5.41) is 14.6. The third-order valence-electron chi connectivity index (χ3n) is 4.46. The summed E-state index contributed by atoms with van der Waals surface area (Å²) >= 11 is 0. The van der Waals surface area contributed by atoms with Gasteiger partial charge in [0.1, 0.15) is 0 Å². The van der Waals surface area contributed by atoms with Crippen LogP contribution in [0.25, 0.3) is 0 Å². The van der Waals surface area contributed by atoms with Gasteiger partial charge in [-0.25, -0.2) is 0 Å². The fourth-order valence-corrected chi connectivity index (χ4v) is 3.33. The molecule has 2 aliphatic rings. The van der Waals surface area contributed by atoms with Crippen molar-refractivity contribution in [2.24, 2.45) is 0 Å². The van der Waals surface area contributed by atoms with Gasteiger partial charge in [-0.1, -0.05) is 6.42 Å². The minimum atomic E-state index is -0.376. The molecule has 0 saturated heterocycles. The fraction of sp³-hybridized carbons (Fsp3) is 1.00. The Morgan fingerprint density at radius 3 is 2.39 bits per heavy atom. The Labute approximate surface area is 108 Å². The number of methoxy groups -OCH3 is 1. The summed E-state index contributed by atoms with van der Waals surface area (Å²) in [7, 11) is 1.77. The van der Waals surface area contributed by atoms with Crippen molar-refractivity contribution < 1.29 is 9.66 Å². The normalized spacial score (nSPS) is 37.4. The monoisotopic (exact) mass is 256 g/mol. The fourth-order valence-electron chi connectivity index (χ4n) is 3.33. The highest BCUT2D eigenvalue weighted by atomic mass is 16.6. The van der Waals surface area contributed by atoms with Crippen LogP contribution in [-0.2, 0) is 4.74 Å². The Morgan fingerprint density at radius 2 is 1.78 bits per heavy atom. The van der Waals surface area contributed by atoms with E-state index in [0.717, 1.165) is 51.4 Å². The standard InChI is InChI=1S/C13H24N2O3/c1-18-11-8-6-10(7-9-11)14-12-4-2-3-5-13(12)15(16)17/h10-14H,2-9H2,1H3. The van der Waals surface area contributed by atoms with Crippen LogP contribution in [0.1, 0.15) is 51.4 Å². The van der Waals surface area contributed by atoms with Crippen LogP contribution in [-0.4, -0.2) is 36.3 Å². The van der Waals surface area contributed by atoms with E-state index in [0.29, 0.717) is 12.1 Å². The molecule has 2 fully saturated rings. The molecular weight excluding hydrogens is 232 g/mol. The van der Waals surface area contributed by atoms with Crippen molar-refractivity contribution in [3.05, 3.63) is 10.1 Å². The Balaban J connectivity index is 1.82. The van der Waals surface area contributed by atoms with Gasteiger partial charge in [0.05, 0.1) is 12.1 Å². The summed E-state index contributed by atoms with van der Waals surface area (Å²) in [6.07, 6.45) is 8.51. The molecule has 0 amide bonds. The quantitative estimate of drug-likeness (QED) is 0.618. The summed E-state index contributed by atoms with van der Waals surface area (Å²) in [5.74, 6) is 0. The summed E-state index contributed by atoms with van der Waals surface area (Å²) in [4.78, 5) is 11.0. The Kier molecular flexibility index (Phi) is 4.95. The SMILES string of the molecule is COC1CCC(NC2CCCCC2[N+](=O)[O-])CC1. The minimum absolute atomic E-state index is 0.0813. The van der Waals surface area contributed by atoms with Crippen LogP contribution in [0, 0.1) is 10.1 Å². The number of hydrogen-bond donors (Lipinski definition) is 1. The maximum absolute atomic E-state index is 11.1. The third-order valence-corrected chi connectivity index (χ3v) is 4.46. The molecule has 104 valence electrons. The maximum Gasteiger partial charge on any atom is 0.228 e. The van der Waals surface area contributed by atoms with Gasteiger partial charge in [0, 0.05) is 24.5 Å². The second kappa shape index (κ2) is 6.48. The molecule has 0 aliphatic heterocycles. The van der Waals surface area contributed by atoms with Crippen molar-refractivity contribution in [3.63, 3.8) is 0 Å². The lowest BCUT2D eigenvalue weighted by atomic mass is 9.87. The highest BCUT2D eigenvalue weighted by Crippen LogP contribution is 2.25. The van der Waals surface area contributed by atoms with Crippen LogP contribution >= 0.6 is 0 Å². The predicted octanol–water partition coefficient (Wildman–Crippen LogP) is 2.12. The molecule has 0 aromatic carbocycles. The zero-order valence-corrected chi connectivity index (χ0v) is 11.1. The van der Waals surface area contributed by atoms with Crippen LogP contribution in [0.3, 0.4) is 0 Å². The zero-order valence-electron chi connectivity index (χ0n) is 11.1. The summed E-state index contributed by atoms with van der Waals surface area (Å²) in [6.45, 7) is 0. The number of hydrogen-bond acceptors (Lipinski definition) is 4. The van der Waals surface area contributed by atoms with Crippen molar-refractivity contribution in [2.75, 3.05) is 7.11 Å². The van der Waals surface area contributed by atoms with E-state index >= 15 is 0 Å². The van der Waals surface area contributed by atoms with Gasteiger partial charge in [0.15, 0.2) is 0 Å². The maximum atomic E-state index is 11.1. The van der Waals surface area contributed by atoms with Gasteiger partial charge in [-0.2, -0.15) is 0 Å². The zero-order chi connectivity index (χ0) is 13.0. The van der Waals surface area contributed by atoms with E-state index in [-0.39, 0.29) is 17.0 Å². The van der Waals surface area contributed by atoms with Crippen molar-refractivity contribution in [1.82, 2.24) is 5.32 Å². The Hall–Kier alpha value is -0.680. The van der Waals surface area contributed by atoms with Gasteiger partial charge in [0.25, 0.3) is 0 Å². The predicted molar refractivity (Wildman–Crippen MR) is 69.2 cm³/mol. The van der Waals surface area contributed by atoms with Crippen molar-refractivity contribution in [2.45, 2.75) is 75.6 Å². The van der Waals surface area contributed by atoms with Crippen LogP contribution < -0.4 is 5.32 Å². The highest BCUT2D eigenvalue weighted by molar-refractivity contribution is 4.86. The molecule has 18 heavy (non-hydrogen) atoms. The van der Waals surface area contributed by atoms with E-state index in [2.05, 4.69) is 5.32 Å². The van der Waals surface area contributed by atoms with Gasteiger partial charge in [-0.3, -0.25) is 10.1 Å². The number of rotatable bonds is 4. The van der Waals surface area contributed by atoms with Crippen molar-refractivity contribution in [1.29, 1.82) is 0 Å². The lowest BCUT2D eigenvalue weighted by Gasteiger charge is -2.34. The van der Waals surface area contributed by atoms with E-state index in [4.69, 9.17) is 4.74 Å². The average Bonchev–Trinajstić information content (AvgIpc) is 2.40. The Morgan fingerprint density at radius 1 is 1.11 bits per heavy atom. The first kappa shape index (κ1) is 13.7. The van der Waals surface area contributed by atoms with E-state index in [1.54, 1.807) is 7.11 Å². The number of nitrogens with one attached hydrogen (secondary N) is 1. The second-order valence-electron chi connectivity index (χ2n) is 5.62. The van der Waals surface area contributed by atoms with E-state index in [1.807, 2.05) is 0 Å². The molecule has 2 rings (SSSR count). The first-order valence-corrected chi connectivity index (χ1v) is 7.13. The third kappa shape index (κ3) is 3.42. The number of ether oxygens (including phenoxy) is 1. The number of nitro groups is 1. The summed E-state index contributed by atoms with van der Waals surface area (Å²) < 4.78 is 5.35. The first-order chi connectivity index (χ1) is 8.70. The van der Waals surface area contributed by atoms with Gasteiger partial charge in [0.2, 0.25) is 6.04 Å². The lowest BCUT2D eigenvalue weighted by Crippen LogP contribution is -2.51. The molecule has 2 saturated carbocycles. The Bertz CT molecular complexity index is 277. The van der Waals surface area contributed by atoms with Crippen molar-refractivity contribution >= 4 is 0 Å². The van der Waals surface area contributed by atoms with E-state index in [1.165, 1.54) is 0 Å². The molecule has 5 nitrogen and oxygen atoms in total. The lowest BCUT2D eigenvalue weighted by molar-refractivity contribution is -0.530. The molecule has 2 aliphatic carbocycles. The summed E-state index contributed by atoms with van der Waals surface area (Å²) in [5.41, 5.74) is 0. The molecule has 0 aromatic rings. The molecule has 2 atom stereocenters. The minimum Gasteiger partial charge on any atom is -0.381 e. The molecule has 2 unspecified atom stereocenters. The largest absolute Gasteiger partial charge is 0.381 e. The van der Waals surface area contributed by atoms with E-state index in [9.17, 15) is 10.1 Å². The molecule has 0 radical (unpaired) electrons. The van der Waals surface area contributed by atoms with Crippen molar-refractivity contribution in [3.8, 4) is 0 Å². The van der Waals surface area contributed by atoms with Gasteiger partial charge < -0.3 is 10.1 Å². The molecule has 0 heterocycles. The highest BCUT2D eigenvalue weighted by Gasteiger charge is 2.35. The van der Waals surface area contributed by atoms with Gasteiger partial charge >= 0.3 is 0 Å². The smallest absolute Gasteiger partial charge is 0.228 e. The molecular formula is C13H24N2O3. The molecule has 0 spiro atoms. The number of nitrogens with zero attached hydrogens (tertiary/aromatic N) is 1. The topological polar surface area (TPSA) is 64.4 Å². The molecule has 0 bridgehead atoms. The van der Waals surface area contributed by atoms with Crippen LogP contribution in [0.15, 0.2) is 0 Å². The molecule has 1 N–H and O–H groups in total. The second-order valence-corrected chi connectivity index (χ2v) is 5.62. The van der Waals surface area contributed by atoms with Crippen LogP contribution in [0.2, 0.25) is 0 Å². The van der Waals surface area contributed by atoms with Gasteiger partial charge in [-0.15, -0.1) is 0 Å². The van der Waals surface area contributed by atoms with E-state index < -0.39 is 0 Å². The molecule has 5 heteroatoms. The van der Waals surface area contributed by atoms with Crippen LogP contribution in [0.4, 0.5) is 0 Å².